The number of benzene rings is 1. The van der Waals surface area contributed by atoms with Gasteiger partial charge in [0.15, 0.2) is 0 Å². The van der Waals surface area contributed by atoms with Crippen LogP contribution in [0.25, 0.3) is 0 Å². The first-order chi connectivity index (χ1) is 8.51. The number of nitrogens with one attached hydrogen (secondary N) is 1. The maximum atomic E-state index is 11.7. The van der Waals surface area contributed by atoms with Crippen LogP contribution in [0.4, 0.5) is 18.9 Å². The predicted octanol–water partition coefficient (Wildman–Crippen LogP) is 3.81. The summed E-state index contributed by atoms with van der Waals surface area (Å²) >= 11 is 5.65. The van der Waals surface area contributed by atoms with E-state index in [0.717, 1.165) is 11.3 Å². The Labute approximate surface area is 109 Å². The maximum absolute atomic E-state index is 11.7. The molecule has 0 amide bonds. The molecule has 102 valence electrons. The topological polar surface area (TPSA) is 21.3 Å². The van der Waals surface area contributed by atoms with E-state index in [2.05, 4.69) is 10.1 Å². The lowest BCUT2D eigenvalue weighted by molar-refractivity contribution is -0.173. The summed E-state index contributed by atoms with van der Waals surface area (Å²) in [4.78, 5) is 0. The minimum Gasteiger partial charge on any atom is -0.385 e. The second kappa shape index (κ2) is 7.48. The number of halogens is 4. The molecule has 6 heteroatoms. The van der Waals surface area contributed by atoms with Crippen LogP contribution in [0.3, 0.4) is 0 Å². The van der Waals surface area contributed by atoms with Crippen molar-refractivity contribution in [1.29, 1.82) is 0 Å². The largest absolute Gasteiger partial charge is 0.411 e. The molecule has 0 spiro atoms. The average molecular weight is 282 g/mol. The first-order valence-corrected chi connectivity index (χ1v) is 6.08. The number of anilines is 1. The molecular formula is C12H15ClF3NO. The molecule has 1 rings (SSSR count). The van der Waals surface area contributed by atoms with E-state index in [4.69, 9.17) is 11.6 Å². The quantitative estimate of drug-likeness (QED) is 0.606. The third-order valence-electron chi connectivity index (χ3n) is 2.17. The minimum absolute atomic E-state index is 0.0896. The second-order valence-corrected chi connectivity index (χ2v) is 4.05. The molecule has 0 bridgehead atoms. The van der Waals surface area contributed by atoms with E-state index in [0.29, 0.717) is 18.8 Å². The van der Waals surface area contributed by atoms with E-state index in [1.165, 1.54) is 0 Å². The van der Waals surface area contributed by atoms with Gasteiger partial charge in [-0.3, -0.25) is 0 Å². The van der Waals surface area contributed by atoms with Crippen LogP contribution in [0.15, 0.2) is 24.3 Å². The highest BCUT2D eigenvalue weighted by molar-refractivity contribution is 6.17. The van der Waals surface area contributed by atoms with Crippen LogP contribution in [-0.4, -0.2) is 25.9 Å². The Hall–Kier alpha value is -0.940. The van der Waals surface area contributed by atoms with Gasteiger partial charge in [0.25, 0.3) is 0 Å². The van der Waals surface area contributed by atoms with Crippen molar-refractivity contribution in [2.45, 2.75) is 18.5 Å². The SMILES string of the molecule is FC(F)(F)COCCCNc1ccc(CCl)cc1. The Bertz CT molecular complexity index is 340. The highest BCUT2D eigenvalue weighted by Crippen LogP contribution is 2.14. The molecule has 0 radical (unpaired) electrons. The zero-order chi connectivity index (χ0) is 13.4. The summed E-state index contributed by atoms with van der Waals surface area (Å²) in [5.74, 6) is 0.464. The molecule has 0 fully saturated rings. The van der Waals surface area contributed by atoms with Crippen LogP contribution in [-0.2, 0) is 10.6 Å². The highest BCUT2D eigenvalue weighted by Gasteiger charge is 2.27. The van der Waals surface area contributed by atoms with Gasteiger partial charge in [-0.25, -0.2) is 0 Å². The molecule has 0 saturated heterocycles. The molecular weight excluding hydrogens is 267 g/mol. The van der Waals surface area contributed by atoms with Crippen molar-refractivity contribution in [3.05, 3.63) is 29.8 Å². The first kappa shape index (κ1) is 15.1. The van der Waals surface area contributed by atoms with Gasteiger partial charge in [-0.1, -0.05) is 12.1 Å². The fourth-order valence-electron chi connectivity index (χ4n) is 1.31. The van der Waals surface area contributed by atoms with Crippen molar-refractivity contribution in [3.8, 4) is 0 Å². The van der Waals surface area contributed by atoms with E-state index in [1.807, 2.05) is 24.3 Å². The summed E-state index contributed by atoms with van der Waals surface area (Å²) in [5, 5.41) is 3.09. The molecule has 0 aromatic heterocycles. The highest BCUT2D eigenvalue weighted by atomic mass is 35.5. The van der Waals surface area contributed by atoms with Crippen molar-refractivity contribution in [3.63, 3.8) is 0 Å². The van der Waals surface area contributed by atoms with Crippen LogP contribution < -0.4 is 5.32 Å². The molecule has 18 heavy (non-hydrogen) atoms. The third kappa shape index (κ3) is 6.71. The van der Waals surface area contributed by atoms with Crippen LogP contribution in [0.1, 0.15) is 12.0 Å². The maximum Gasteiger partial charge on any atom is 0.411 e. The molecule has 0 atom stereocenters. The van der Waals surface area contributed by atoms with Gasteiger partial charge in [-0.05, 0) is 24.1 Å². The lowest BCUT2D eigenvalue weighted by atomic mass is 10.2. The molecule has 0 aliphatic carbocycles. The molecule has 0 unspecified atom stereocenters. The molecule has 0 heterocycles. The zero-order valence-electron chi connectivity index (χ0n) is 9.77. The van der Waals surface area contributed by atoms with Crippen molar-refractivity contribution >= 4 is 17.3 Å². The number of rotatable bonds is 7. The lowest BCUT2D eigenvalue weighted by Crippen LogP contribution is -2.18. The van der Waals surface area contributed by atoms with E-state index < -0.39 is 12.8 Å². The standard InChI is InChI=1S/C12H15ClF3NO/c13-8-10-2-4-11(5-3-10)17-6-1-7-18-9-12(14,15)16/h2-5,17H,1,6-9H2. The van der Waals surface area contributed by atoms with Crippen molar-refractivity contribution in [1.82, 2.24) is 0 Å². The van der Waals surface area contributed by atoms with E-state index >= 15 is 0 Å². The first-order valence-electron chi connectivity index (χ1n) is 5.54. The minimum atomic E-state index is -4.25. The summed E-state index contributed by atoms with van der Waals surface area (Å²) in [6.45, 7) is -0.526. The summed E-state index contributed by atoms with van der Waals surface area (Å²) in [7, 11) is 0. The number of hydrogen-bond donors (Lipinski definition) is 1. The average Bonchev–Trinajstić information content (AvgIpc) is 2.33. The van der Waals surface area contributed by atoms with E-state index in [-0.39, 0.29) is 6.61 Å². The van der Waals surface area contributed by atoms with Gasteiger partial charge in [-0.15, -0.1) is 11.6 Å². The Morgan fingerprint density at radius 1 is 1.17 bits per heavy atom. The van der Waals surface area contributed by atoms with Gasteiger partial charge in [0.2, 0.25) is 0 Å². The van der Waals surface area contributed by atoms with Gasteiger partial charge >= 0.3 is 6.18 Å². The molecule has 0 aliphatic heterocycles. The number of alkyl halides is 4. The molecule has 1 aromatic rings. The van der Waals surface area contributed by atoms with Crippen molar-refractivity contribution in [2.24, 2.45) is 0 Å². The van der Waals surface area contributed by atoms with Gasteiger partial charge in [0.05, 0.1) is 0 Å². The summed E-state index contributed by atoms with van der Waals surface area (Å²) < 4.78 is 39.7. The lowest BCUT2D eigenvalue weighted by Gasteiger charge is -2.09. The zero-order valence-corrected chi connectivity index (χ0v) is 10.5. The normalized spacial score (nSPS) is 11.6. The smallest absolute Gasteiger partial charge is 0.385 e. The molecule has 0 aliphatic rings. The van der Waals surface area contributed by atoms with Crippen molar-refractivity contribution in [2.75, 3.05) is 25.1 Å². The summed E-state index contributed by atoms with van der Waals surface area (Å²) in [6, 6.07) is 7.56. The van der Waals surface area contributed by atoms with Crippen LogP contribution in [0, 0.1) is 0 Å². The predicted molar refractivity (Wildman–Crippen MR) is 66.0 cm³/mol. The summed E-state index contributed by atoms with van der Waals surface area (Å²) in [5.41, 5.74) is 1.94. The van der Waals surface area contributed by atoms with Crippen molar-refractivity contribution < 1.29 is 17.9 Å². The van der Waals surface area contributed by atoms with Crippen LogP contribution in [0.2, 0.25) is 0 Å². The van der Waals surface area contributed by atoms with Gasteiger partial charge < -0.3 is 10.1 Å². The van der Waals surface area contributed by atoms with E-state index in [1.54, 1.807) is 0 Å². The monoisotopic (exact) mass is 281 g/mol. The molecule has 1 N–H and O–H groups in total. The number of hydrogen-bond acceptors (Lipinski definition) is 2. The Morgan fingerprint density at radius 2 is 1.83 bits per heavy atom. The second-order valence-electron chi connectivity index (χ2n) is 3.78. The Balaban J connectivity index is 2.10. The molecule has 0 saturated carbocycles. The van der Waals surface area contributed by atoms with Gasteiger partial charge in [0, 0.05) is 24.7 Å². The fourth-order valence-corrected chi connectivity index (χ4v) is 1.48. The number of ether oxygens (including phenoxy) is 1. The Kier molecular flexibility index (Phi) is 6.29. The van der Waals surface area contributed by atoms with Crippen LogP contribution >= 0.6 is 11.6 Å². The van der Waals surface area contributed by atoms with Crippen LogP contribution in [0.5, 0.6) is 0 Å². The van der Waals surface area contributed by atoms with Gasteiger partial charge in [-0.2, -0.15) is 13.2 Å². The fraction of sp³-hybridized carbons (Fsp3) is 0.500. The van der Waals surface area contributed by atoms with Gasteiger partial charge in [0.1, 0.15) is 6.61 Å². The Morgan fingerprint density at radius 3 is 2.39 bits per heavy atom. The third-order valence-corrected chi connectivity index (χ3v) is 2.48. The molecule has 2 nitrogen and oxygen atoms in total. The van der Waals surface area contributed by atoms with E-state index in [9.17, 15) is 13.2 Å². The molecule has 1 aromatic carbocycles. The summed E-state index contributed by atoms with van der Waals surface area (Å²) in [6.07, 6.45) is -3.72.